The molecule has 1 rings (SSSR count). The molecule has 0 heterocycles. The monoisotopic (exact) mass is 317 g/mol. The lowest BCUT2D eigenvalue weighted by Gasteiger charge is -2.22. The van der Waals surface area contributed by atoms with Gasteiger partial charge >= 0.3 is 5.97 Å². The van der Waals surface area contributed by atoms with Crippen molar-refractivity contribution in [2.24, 2.45) is 5.92 Å². The largest absolute Gasteiger partial charge is 0.481 e. The molecule has 0 amide bonds. The van der Waals surface area contributed by atoms with E-state index in [1.54, 1.807) is 13.0 Å². The van der Waals surface area contributed by atoms with E-state index in [1.165, 1.54) is 6.07 Å². The average molecular weight is 318 g/mol. The highest BCUT2D eigenvalue weighted by atomic mass is 79.9. The fourth-order valence-electron chi connectivity index (χ4n) is 1.67. The van der Waals surface area contributed by atoms with Crippen molar-refractivity contribution in [3.8, 4) is 0 Å². The summed E-state index contributed by atoms with van der Waals surface area (Å²) in [6.07, 6.45) is 0. The van der Waals surface area contributed by atoms with Gasteiger partial charge in [-0.15, -0.1) is 0 Å². The van der Waals surface area contributed by atoms with Crippen LogP contribution in [-0.4, -0.2) is 29.1 Å². The molecule has 3 nitrogen and oxygen atoms in total. The van der Waals surface area contributed by atoms with Crippen LogP contribution in [0.3, 0.4) is 0 Å². The van der Waals surface area contributed by atoms with Gasteiger partial charge in [-0.2, -0.15) is 0 Å². The number of benzene rings is 1. The summed E-state index contributed by atoms with van der Waals surface area (Å²) in [4.78, 5) is 12.8. The Bertz CT molecular complexity index is 425. The van der Waals surface area contributed by atoms with E-state index >= 15 is 0 Å². The minimum absolute atomic E-state index is 0.296. The SMILES string of the molecule is CCN(Cc1ccc(Br)c(F)c1)CC(C)C(=O)O. The van der Waals surface area contributed by atoms with Crippen molar-refractivity contribution in [2.45, 2.75) is 20.4 Å². The third kappa shape index (κ3) is 4.38. The highest BCUT2D eigenvalue weighted by Crippen LogP contribution is 2.17. The number of carboxylic acid groups (broad SMARTS) is 1. The normalized spacial score (nSPS) is 12.7. The summed E-state index contributed by atoms with van der Waals surface area (Å²) in [7, 11) is 0. The van der Waals surface area contributed by atoms with Crippen LogP contribution >= 0.6 is 15.9 Å². The average Bonchev–Trinajstić information content (AvgIpc) is 2.32. The summed E-state index contributed by atoms with van der Waals surface area (Å²) in [5.74, 6) is -1.53. The van der Waals surface area contributed by atoms with Gasteiger partial charge in [-0.3, -0.25) is 9.69 Å². The van der Waals surface area contributed by atoms with E-state index in [4.69, 9.17) is 5.11 Å². The van der Waals surface area contributed by atoms with E-state index in [1.807, 2.05) is 17.9 Å². The maximum Gasteiger partial charge on any atom is 0.307 e. The molecule has 0 radical (unpaired) electrons. The van der Waals surface area contributed by atoms with E-state index in [2.05, 4.69) is 15.9 Å². The molecule has 0 aliphatic carbocycles. The molecule has 18 heavy (non-hydrogen) atoms. The van der Waals surface area contributed by atoms with E-state index < -0.39 is 11.9 Å². The maximum absolute atomic E-state index is 13.4. The number of carbonyl (C=O) groups is 1. The summed E-state index contributed by atoms with van der Waals surface area (Å²) in [6, 6.07) is 4.97. The van der Waals surface area contributed by atoms with E-state index in [9.17, 15) is 9.18 Å². The Balaban J connectivity index is 2.67. The highest BCUT2D eigenvalue weighted by molar-refractivity contribution is 9.10. The molecule has 0 aliphatic heterocycles. The molecular formula is C13H17BrFNO2. The smallest absolute Gasteiger partial charge is 0.307 e. The minimum Gasteiger partial charge on any atom is -0.481 e. The molecule has 0 saturated heterocycles. The molecule has 0 bridgehead atoms. The van der Waals surface area contributed by atoms with Gasteiger partial charge in [0.25, 0.3) is 0 Å². The van der Waals surface area contributed by atoms with E-state index in [0.29, 0.717) is 17.6 Å². The third-order valence-corrected chi connectivity index (χ3v) is 3.43. The van der Waals surface area contributed by atoms with Gasteiger partial charge in [0, 0.05) is 13.1 Å². The molecule has 0 aromatic heterocycles. The second-order valence-electron chi connectivity index (χ2n) is 4.32. The lowest BCUT2D eigenvalue weighted by atomic mass is 10.1. The van der Waals surface area contributed by atoms with Gasteiger partial charge in [0.05, 0.1) is 10.4 Å². The Kier molecular flexibility index (Phi) is 5.75. The van der Waals surface area contributed by atoms with E-state index in [-0.39, 0.29) is 5.82 Å². The predicted molar refractivity (Wildman–Crippen MR) is 71.9 cm³/mol. The van der Waals surface area contributed by atoms with Gasteiger partial charge in [-0.05, 0) is 40.2 Å². The standard InChI is InChI=1S/C13H17BrFNO2/c1-3-16(7-9(2)13(17)18)8-10-4-5-11(14)12(15)6-10/h4-6,9H,3,7-8H2,1-2H3,(H,17,18). The lowest BCUT2D eigenvalue weighted by Crippen LogP contribution is -2.31. The van der Waals surface area contributed by atoms with Gasteiger partial charge in [-0.1, -0.05) is 19.9 Å². The van der Waals surface area contributed by atoms with Crippen LogP contribution < -0.4 is 0 Å². The minimum atomic E-state index is -0.810. The number of halogens is 2. The second-order valence-corrected chi connectivity index (χ2v) is 5.17. The Morgan fingerprint density at radius 2 is 2.22 bits per heavy atom. The van der Waals surface area contributed by atoms with Crippen LogP contribution in [0.2, 0.25) is 0 Å². The fraction of sp³-hybridized carbons (Fsp3) is 0.462. The van der Waals surface area contributed by atoms with Crippen molar-refractivity contribution < 1.29 is 14.3 Å². The molecular weight excluding hydrogens is 301 g/mol. The lowest BCUT2D eigenvalue weighted by molar-refractivity contribution is -0.141. The molecule has 1 unspecified atom stereocenters. The van der Waals surface area contributed by atoms with Gasteiger partial charge in [0.15, 0.2) is 0 Å². The molecule has 1 aromatic carbocycles. The third-order valence-electron chi connectivity index (χ3n) is 2.79. The van der Waals surface area contributed by atoms with Crippen molar-refractivity contribution in [2.75, 3.05) is 13.1 Å². The number of aliphatic carboxylic acids is 1. The van der Waals surface area contributed by atoms with E-state index in [0.717, 1.165) is 12.1 Å². The van der Waals surface area contributed by atoms with Gasteiger partial charge in [0.2, 0.25) is 0 Å². The van der Waals surface area contributed by atoms with Crippen LogP contribution in [0.5, 0.6) is 0 Å². The van der Waals surface area contributed by atoms with Crippen LogP contribution in [-0.2, 0) is 11.3 Å². The molecule has 0 spiro atoms. The maximum atomic E-state index is 13.4. The molecule has 1 N–H and O–H groups in total. The predicted octanol–water partition coefficient (Wildman–Crippen LogP) is 3.13. The number of rotatable bonds is 6. The molecule has 1 aromatic rings. The summed E-state index contributed by atoms with van der Waals surface area (Å²) in [5, 5.41) is 8.88. The zero-order valence-electron chi connectivity index (χ0n) is 10.5. The van der Waals surface area contributed by atoms with Crippen LogP contribution in [0.15, 0.2) is 22.7 Å². The summed E-state index contributed by atoms with van der Waals surface area (Å²) < 4.78 is 13.8. The Labute approximate surface area is 115 Å². The van der Waals surface area contributed by atoms with Crippen LogP contribution in [0.25, 0.3) is 0 Å². The fourth-order valence-corrected chi connectivity index (χ4v) is 1.91. The van der Waals surface area contributed by atoms with Gasteiger partial charge < -0.3 is 5.11 Å². The number of hydrogen-bond acceptors (Lipinski definition) is 2. The first kappa shape index (κ1) is 15.1. The molecule has 1 atom stereocenters. The first-order valence-electron chi connectivity index (χ1n) is 5.83. The van der Waals surface area contributed by atoms with Gasteiger partial charge in [-0.25, -0.2) is 4.39 Å². The van der Waals surface area contributed by atoms with Crippen molar-refractivity contribution >= 4 is 21.9 Å². The first-order valence-corrected chi connectivity index (χ1v) is 6.62. The number of nitrogens with zero attached hydrogens (tertiary/aromatic N) is 1. The highest BCUT2D eigenvalue weighted by Gasteiger charge is 2.15. The topological polar surface area (TPSA) is 40.5 Å². The van der Waals surface area contributed by atoms with Crippen LogP contribution in [0.4, 0.5) is 4.39 Å². The molecule has 100 valence electrons. The zero-order chi connectivity index (χ0) is 13.7. The zero-order valence-corrected chi connectivity index (χ0v) is 12.1. The number of hydrogen-bond donors (Lipinski definition) is 1. The Morgan fingerprint density at radius 3 is 2.72 bits per heavy atom. The van der Waals surface area contributed by atoms with Crippen molar-refractivity contribution in [3.05, 3.63) is 34.1 Å². The molecule has 0 aliphatic rings. The molecule has 0 saturated carbocycles. The number of carboxylic acids is 1. The van der Waals surface area contributed by atoms with Crippen molar-refractivity contribution in [1.82, 2.24) is 4.90 Å². The quantitative estimate of drug-likeness (QED) is 0.876. The van der Waals surface area contributed by atoms with Crippen molar-refractivity contribution in [1.29, 1.82) is 0 Å². The first-order chi connectivity index (χ1) is 8.43. The second kappa shape index (κ2) is 6.85. The summed E-state index contributed by atoms with van der Waals surface area (Å²) >= 11 is 3.11. The molecule has 5 heteroatoms. The van der Waals surface area contributed by atoms with Crippen LogP contribution in [0.1, 0.15) is 19.4 Å². The molecule has 0 fully saturated rings. The van der Waals surface area contributed by atoms with Crippen LogP contribution in [0, 0.1) is 11.7 Å². The van der Waals surface area contributed by atoms with Crippen molar-refractivity contribution in [3.63, 3.8) is 0 Å². The summed E-state index contributed by atoms with van der Waals surface area (Å²) in [6.45, 7) is 5.38. The summed E-state index contributed by atoms with van der Waals surface area (Å²) in [5.41, 5.74) is 0.843. The Morgan fingerprint density at radius 1 is 1.56 bits per heavy atom. The van der Waals surface area contributed by atoms with Gasteiger partial charge in [0.1, 0.15) is 5.82 Å². The Hall–Kier alpha value is -0.940.